The summed E-state index contributed by atoms with van der Waals surface area (Å²) >= 11 is 6.62. The summed E-state index contributed by atoms with van der Waals surface area (Å²) in [5.74, 6) is 0.978. The number of aromatic nitrogens is 2. The molecule has 0 radical (unpaired) electrons. The number of nitrogens with zero attached hydrogens (tertiary/aromatic N) is 4. The molecule has 0 atom stereocenters. The Morgan fingerprint density at radius 3 is 2.35 bits per heavy atom. The van der Waals surface area contributed by atoms with Crippen LogP contribution in [0, 0.1) is 0 Å². The van der Waals surface area contributed by atoms with Crippen LogP contribution in [0.2, 0.25) is 5.02 Å². The summed E-state index contributed by atoms with van der Waals surface area (Å²) in [5, 5.41) is 1.42. The van der Waals surface area contributed by atoms with Crippen molar-refractivity contribution in [1.29, 1.82) is 0 Å². The monoisotopic (exact) mass is 430 g/mol. The number of benzene rings is 2. The second-order valence-electron chi connectivity index (χ2n) is 7.75. The molecule has 31 heavy (non-hydrogen) atoms. The van der Waals surface area contributed by atoms with E-state index in [9.17, 15) is 4.79 Å². The minimum atomic E-state index is 0.0261. The number of fused-ring (bicyclic) bond motifs is 1. The van der Waals surface area contributed by atoms with Gasteiger partial charge in [0.05, 0.1) is 21.8 Å². The Morgan fingerprint density at radius 1 is 0.903 bits per heavy atom. The topological polar surface area (TPSA) is 41.4 Å². The number of carbonyl (C=O) groups excluding carboxylic acids is 1. The van der Waals surface area contributed by atoms with Gasteiger partial charge in [-0.2, -0.15) is 0 Å². The third-order valence-electron chi connectivity index (χ3n) is 5.98. The number of aryl methyl sites for hydroxylation is 1. The zero-order chi connectivity index (χ0) is 21.4. The molecule has 1 fully saturated rings. The average molecular weight is 431 g/mol. The van der Waals surface area contributed by atoms with Gasteiger partial charge in [0.2, 0.25) is 0 Å². The van der Waals surface area contributed by atoms with E-state index in [0.29, 0.717) is 23.7 Å². The van der Waals surface area contributed by atoms with Crippen LogP contribution in [0.5, 0.6) is 0 Å². The van der Waals surface area contributed by atoms with Crippen LogP contribution in [-0.2, 0) is 7.05 Å². The highest BCUT2D eigenvalue weighted by Crippen LogP contribution is 2.37. The van der Waals surface area contributed by atoms with Gasteiger partial charge < -0.3 is 14.4 Å². The molecule has 0 aliphatic carbocycles. The van der Waals surface area contributed by atoms with E-state index < -0.39 is 0 Å². The van der Waals surface area contributed by atoms with Crippen molar-refractivity contribution < 1.29 is 4.79 Å². The molecular formula is C25H23ClN4O. The fourth-order valence-electron chi connectivity index (χ4n) is 4.43. The van der Waals surface area contributed by atoms with Crippen molar-refractivity contribution in [3.8, 4) is 11.3 Å². The molecule has 0 bridgehead atoms. The lowest BCUT2D eigenvalue weighted by molar-refractivity contribution is 0.0749. The first kappa shape index (κ1) is 19.6. The fraction of sp³-hybridized carbons (Fsp3) is 0.200. The molecule has 5 nitrogen and oxygen atoms in total. The maximum atomic E-state index is 13.8. The van der Waals surface area contributed by atoms with Crippen LogP contribution in [0.1, 0.15) is 10.4 Å². The van der Waals surface area contributed by atoms with Crippen LogP contribution >= 0.6 is 11.6 Å². The molecule has 1 saturated heterocycles. The van der Waals surface area contributed by atoms with Gasteiger partial charge >= 0.3 is 0 Å². The molecule has 2 aromatic carbocycles. The lowest BCUT2D eigenvalue weighted by Crippen LogP contribution is -2.49. The summed E-state index contributed by atoms with van der Waals surface area (Å²) in [4.78, 5) is 22.4. The Hall–Kier alpha value is -3.31. The van der Waals surface area contributed by atoms with E-state index in [-0.39, 0.29) is 5.91 Å². The van der Waals surface area contributed by atoms with Crippen LogP contribution in [0.4, 0.5) is 5.82 Å². The van der Waals surface area contributed by atoms with Crippen LogP contribution in [0.25, 0.3) is 22.2 Å². The third-order valence-corrected chi connectivity index (χ3v) is 6.29. The number of halogens is 1. The van der Waals surface area contributed by atoms with Crippen molar-refractivity contribution in [3.05, 3.63) is 83.5 Å². The van der Waals surface area contributed by atoms with Gasteiger partial charge in [0, 0.05) is 44.8 Å². The molecule has 1 amide bonds. The van der Waals surface area contributed by atoms with E-state index in [1.165, 1.54) is 0 Å². The number of hydrogen-bond donors (Lipinski definition) is 0. The molecule has 1 aliphatic heterocycles. The Balaban J connectivity index is 1.53. The molecule has 0 N–H and O–H groups in total. The van der Waals surface area contributed by atoms with Gasteiger partial charge in [-0.1, -0.05) is 54.1 Å². The average Bonchev–Trinajstić information content (AvgIpc) is 3.13. The van der Waals surface area contributed by atoms with Crippen LogP contribution in [0.3, 0.4) is 0 Å². The second kappa shape index (κ2) is 8.08. The number of anilines is 1. The van der Waals surface area contributed by atoms with Gasteiger partial charge in [0.15, 0.2) is 0 Å². The maximum absolute atomic E-state index is 13.8. The number of amides is 1. The van der Waals surface area contributed by atoms with Gasteiger partial charge in [-0.05, 0) is 29.8 Å². The van der Waals surface area contributed by atoms with Gasteiger partial charge in [0.1, 0.15) is 5.82 Å². The Morgan fingerprint density at radius 2 is 1.65 bits per heavy atom. The van der Waals surface area contributed by atoms with Crippen molar-refractivity contribution in [3.63, 3.8) is 0 Å². The second-order valence-corrected chi connectivity index (χ2v) is 8.16. The SMILES string of the molecule is Cn1c(-c2ccccc2)c(C(=O)N2CCN(c3ccccn3)CC2)c2c(Cl)cccc21. The first-order valence-corrected chi connectivity index (χ1v) is 10.8. The molecular weight excluding hydrogens is 408 g/mol. The minimum Gasteiger partial charge on any atom is -0.353 e. The summed E-state index contributed by atoms with van der Waals surface area (Å²) in [6, 6.07) is 21.8. The minimum absolute atomic E-state index is 0.0261. The van der Waals surface area contributed by atoms with E-state index in [1.807, 2.05) is 78.7 Å². The van der Waals surface area contributed by atoms with E-state index in [2.05, 4.69) is 14.5 Å². The molecule has 6 heteroatoms. The van der Waals surface area contributed by atoms with Crippen molar-refractivity contribution in [2.24, 2.45) is 7.05 Å². The molecule has 2 aromatic heterocycles. The largest absolute Gasteiger partial charge is 0.353 e. The van der Waals surface area contributed by atoms with Crippen LogP contribution in [-0.4, -0.2) is 46.5 Å². The zero-order valence-electron chi connectivity index (χ0n) is 17.3. The molecule has 5 rings (SSSR count). The van der Waals surface area contributed by atoms with Crippen molar-refractivity contribution >= 4 is 34.2 Å². The summed E-state index contributed by atoms with van der Waals surface area (Å²) in [7, 11) is 2.00. The maximum Gasteiger partial charge on any atom is 0.256 e. The Kier molecular flexibility index (Phi) is 5.12. The molecule has 0 spiro atoms. The van der Waals surface area contributed by atoms with Crippen molar-refractivity contribution in [2.45, 2.75) is 0 Å². The number of hydrogen-bond acceptors (Lipinski definition) is 3. The van der Waals surface area contributed by atoms with Gasteiger partial charge in [-0.25, -0.2) is 4.98 Å². The lowest BCUT2D eigenvalue weighted by Gasteiger charge is -2.35. The smallest absolute Gasteiger partial charge is 0.256 e. The molecule has 0 saturated carbocycles. The van der Waals surface area contributed by atoms with E-state index in [4.69, 9.17) is 11.6 Å². The van der Waals surface area contributed by atoms with E-state index in [0.717, 1.165) is 41.1 Å². The molecule has 0 unspecified atom stereocenters. The highest BCUT2D eigenvalue weighted by atomic mass is 35.5. The quantitative estimate of drug-likeness (QED) is 0.466. The zero-order valence-corrected chi connectivity index (χ0v) is 18.1. The standard InChI is InChI=1S/C25H23ClN4O/c1-28-20-11-7-10-19(26)22(20)23(24(28)18-8-3-2-4-9-18)25(31)30-16-14-29(15-17-30)21-12-5-6-13-27-21/h2-13H,14-17H2,1H3. The van der Waals surface area contributed by atoms with Gasteiger partial charge in [-0.3, -0.25) is 4.79 Å². The number of rotatable bonds is 3. The van der Waals surface area contributed by atoms with E-state index in [1.54, 1.807) is 6.20 Å². The van der Waals surface area contributed by atoms with Crippen molar-refractivity contribution in [2.75, 3.05) is 31.1 Å². The van der Waals surface area contributed by atoms with Crippen LogP contribution < -0.4 is 4.90 Å². The first-order valence-electron chi connectivity index (χ1n) is 10.4. The number of carbonyl (C=O) groups is 1. The number of piperazine rings is 1. The van der Waals surface area contributed by atoms with Crippen molar-refractivity contribution in [1.82, 2.24) is 14.5 Å². The number of pyridine rings is 1. The first-order chi connectivity index (χ1) is 15.1. The normalized spacial score (nSPS) is 14.3. The Bertz CT molecular complexity index is 1230. The summed E-state index contributed by atoms with van der Waals surface area (Å²) in [5.41, 5.74) is 3.55. The van der Waals surface area contributed by atoms with E-state index >= 15 is 0 Å². The van der Waals surface area contributed by atoms with Gasteiger partial charge in [-0.15, -0.1) is 0 Å². The predicted molar refractivity (Wildman–Crippen MR) is 126 cm³/mol. The third kappa shape index (κ3) is 3.45. The lowest BCUT2D eigenvalue weighted by atomic mass is 10.0. The highest BCUT2D eigenvalue weighted by Gasteiger charge is 2.29. The molecule has 156 valence electrons. The summed E-state index contributed by atoms with van der Waals surface area (Å²) < 4.78 is 2.08. The fourth-order valence-corrected chi connectivity index (χ4v) is 4.69. The molecule has 1 aliphatic rings. The Labute approximate surface area is 186 Å². The van der Waals surface area contributed by atoms with Gasteiger partial charge in [0.25, 0.3) is 5.91 Å². The summed E-state index contributed by atoms with van der Waals surface area (Å²) in [6.45, 7) is 2.79. The predicted octanol–water partition coefficient (Wildman–Crippen LogP) is 4.86. The highest BCUT2D eigenvalue weighted by molar-refractivity contribution is 6.37. The van der Waals surface area contributed by atoms with Crippen LogP contribution in [0.15, 0.2) is 72.9 Å². The summed E-state index contributed by atoms with van der Waals surface area (Å²) in [6.07, 6.45) is 1.80. The molecule has 3 heterocycles. The molecule has 4 aromatic rings.